The van der Waals surface area contributed by atoms with Crippen molar-refractivity contribution in [2.24, 2.45) is 0 Å². The van der Waals surface area contributed by atoms with Crippen LogP contribution in [0.2, 0.25) is 0 Å². The van der Waals surface area contributed by atoms with E-state index in [1.54, 1.807) is 0 Å². The Morgan fingerprint density at radius 3 is 2.56 bits per heavy atom. The molecule has 0 bridgehead atoms. The number of nitrogens with two attached hydrogens (primary N) is 1. The summed E-state index contributed by atoms with van der Waals surface area (Å²) in [5, 5.41) is 3.47. The van der Waals surface area contributed by atoms with Gasteiger partial charge in [0.15, 0.2) is 0 Å². The molecular formula is C12H18N4. The molecule has 1 aromatic rings. The van der Waals surface area contributed by atoms with Crippen molar-refractivity contribution in [2.75, 3.05) is 11.1 Å². The number of rotatable bonds is 3. The van der Waals surface area contributed by atoms with E-state index in [0.717, 1.165) is 11.6 Å². The molecule has 0 atom stereocenters. The highest BCUT2D eigenvalue weighted by molar-refractivity contribution is 5.46. The zero-order valence-electron chi connectivity index (χ0n) is 9.45. The van der Waals surface area contributed by atoms with Crippen LogP contribution in [0.1, 0.15) is 50.3 Å². The highest BCUT2D eigenvalue weighted by Crippen LogP contribution is 2.38. The first-order valence-corrected chi connectivity index (χ1v) is 6.22. The van der Waals surface area contributed by atoms with Crippen LogP contribution in [0.25, 0.3) is 0 Å². The lowest BCUT2D eigenvalue weighted by Gasteiger charge is -2.13. The predicted molar refractivity (Wildman–Crippen MR) is 64.3 cm³/mol. The summed E-state index contributed by atoms with van der Waals surface area (Å²) in [7, 11) is 0. The minimum Gasteiger partial charge on any atom is -0.384 e. The van der Waals surface area contributed by atoms with Crippen LogP contribution in [0.5, 0.6) is 0 Å². The fourth-order valence-corrected chi connectivity index (χ4v) is 2.36. The summed E-state index contributed by atoms with van der Waals surface area (Å²) in [5.74, 6) is 3.01. The molecule has 0 radical (unpaired) electrons. The van der Waals surface area contributed by atoms with E-state index < -0.39 is 0 Å². The molecule has 4 nitrogen and oxygen atoms in total. The van der Waals surface area contributed by atoms with Crippen LogP contribution in [-0.4, -0.2) is 16.0 Å². The van der Waals surface area contributed by atoms with Crippen LogP contribution in [0.15, 0.2) is 6.07 Å². The summed E-state index contributed by atoms with van der Waals surface area (Å²) >= 11 is 0. The number of anilines is 2. The van der Waals surface area contributed by atoms with E-state index in [1.807, 2.05) is 6.07 Å². The zero-order valence-corrected chi connectivity index (χ0v) is 9.45. The van der Waals surface area contributed by atoms with Gasteiger partial charge in [-0.1, -0.05) is 12.8 Å². The summed E-state index contributed by atoms with van der Waals surface area (Å²) < 4.78 is 0. The van der Waals surface area contributed by atoms with E-state index in [-0.39, 0.29) is 0 Å². The van der Waals surface area contributed by atoms with Crippen molar-refractivity contribution in [2.45, 2.75) is 50.5 Å². The lowest BCUT2D eigenvalue weighted by molar-refractivity contribution is 0.747. The number of aromatic nitrogens is 2. The second kappa shape index (κ2) is 3.92. The molecule has 2 fully saturated rings. The Morgan fingerprint density at radius 1 is 1.12 bits per heavy atom. The molecule has 0 amide bonds. The van der Waals surface area contributed by atoms with Gasteiger partial charge in [-0.2, -0.15) is 0 Å². The summed E-state index contributed by atoms with van der Waals surface area (Å²) in [6.07, 6.45) is 7.59. The topological polar surface area (TPSA) is 63.8 Å². The average molecular weight is 218 g/mol. The van der Waals surface area contributed by atoms with Gasteiger partial charge in [0.05, 0.1) is 0 Å². The van der Waals surface area contributed by atoms with E-state index in [2.05, 4.69) is 15.3 Å². The van der Waals surface area contributed by atoms with Crippen LogP contribution in [-0.2, 0) is 0 Å². The zero-order chi connectivity index (χ0) is 11.0. The highest BCUT2D eigenvalue weighted by Gasteiger charge is 2.27. The molecule has 3 rings (SSSR count). The van der Waals surface area contributed by atoms with Gasteiger partial charge < -0.3 is 11.1 Å². The Hall–Kier alpha value is -1.32. The smallest absolute Gasteiger partial charge is 0.136 e. The lowest BCUT2D eigenvalue weighted by Crippen LogP contribution is -2.16. The van der Waals surface area contributed by atoms with Gasteiger partial charge >= 0.3 is 0 Å². The quantitative estimate of drug-likeness (QED) is 0.817. The van der Waals surface area contributed by atoms with Gasteiger partial charge in [-0.15, -0.1) is 0 Å². The third-order valence-electron chi connectivity index (χ3n) is 3.41. The van der Waals surface area contributed by atoms with Crippen LogP contribution in [0, 0.1) is 0 Å². The molecule has 0 aromatic carbocycles. The Balaban J connectivity index is 1.76. The molecular weight excluding hydrogens is 200 g/mol. The largest absolute Gasteiger partial charge is 0.384 e. The Morgan fingerprint density at radius 2 is 1.88 bits per heavy atom. The van der Waals surface area contributed by atoms with Crippen molar-refractivity contribution < 1.29 is 0 Å². The van der Waals surface area contributed by atoms with Crippen LogP contribution in [0.4, 0.5) is 11.6 Å². The van der Waals surface area contributed by atoms with Crippen LogP contribution < -0.4 is 11.1 Å². The summed E-state index contributed by atoms with van der Waals surface area (Å²) in [4.78, 5) is 8.85. The van der Waals surface area contributed by atoms with Crippen molar-refractivity contribution in [3.8, 4) is 0 Å². The molecule has 0 aliphatic heterocycles. The average Bonchev–Trinajstić information content (AvgIpc) is 2.98. The van der Waals surface area contributed by atoms with Crippen molar-refractivity contribution in [3.63, 3.8) is 0 Å². The molecule has 2 aliphatic carbocycles. The number of nitrogen functional groups attached to an aromatic ring is 1. The van der Waals surface area contributed by atoms with Crippen LogP contribution in [0.3, 0.4) is 0 Å². The standard InChI is InChI=1S/C12H18N4/c13-10-7-11(14-9-3-1-2-4-9)16-12(15-10)8-5-6-8/h7-9H,1-6H2,(H3,13,14,15,16). The first-order chi connectivity index (χ1) is 7.81. The molecule has 0 spiro atoms. The molecule has 0 unspecified atom stereocenters. The highest BCUT2D eigenvalue weighted by atomic mass is 15.1. The summed E-state index contributed by atoms with van der Waals surface area (Å²) in [6.45, 7) is 0. The molecule has 2 aliphatic rings. The first kappa shape index (κ1) is 9.87. The van der Waals surface area contributed by atoms with E-state index in [0.29, 0.717) is 17.8 Å². The number of nitrogens with zero attached hydrogens (tertiary/aromatic N) is 2. The third kappa shape index (κ3) is 2.10. The van der Waals surface area contributed by atoms with Crippen molar-refractivity contribution in [1.82, 2.24) is 9.97 Å². The van der Waals surface area contributed by atoms with E-state index >= 15 is 0 Å². The van der Waals surface area contributed by atoms with E-state index in [4.69, 9.17) is 5.73 Å². The maximum atomic E-state index is 5.81. The van der Waals surface area contributed by atoms with Crippen molar-refractivity contribution in [3.05, 3.63) is 11.9 Å². The van der Waals surface area contributed by atoms with Gasteiger partial charge in [0.1, 0.15) is 17.5 Å². The van der Waals surface area contributed by atoms with Crippen molar-refractivity contribution in [1.29, 1.82) is 0 Å². The number of hydrogen-bond donors (Lipinski definition) is 2. The molecule has 16 heavy (non-hydrogen) atoms. The number of hydrogen-bond acceptors (Lipinski definition) is 4. The second-order valence-corrected chi connectivity index (χ2v) is 4.94. The van der Waals surface area contributed by atoms with Gasteiger partial charge in [-0.3, -0.25) is 0 Å². The van der Waals surface area contributed by atoms with Gasteiger partial charge in [-0.25, -0.2) is 9.97 Å². The minimum absolute atomic E-state index is 0.563. The minimum atomic E-state index is 0.563. The summed E-state index contributed by atoms with van der Waals surface area (Å²) in [5.41, 5.74) is 5.81. The van der Waals surface area contributed by atoms with Gasteiger partial charge in [0, 0.05) is 18.0 Å². The van der Waals surface area contributed by atoms with Gasteiger partial charge in [0.25, 0.3) is 0 Å². The first-order valence-electron chi connectivity index (χ1n) is 6.22. The van der Waals surface area contributed by atoms with Gasteiger partial charge in [-0.05, 0) is 25.7 Å². The normalized spacial score (nSPS) is 21.2. The molecule has 2 saturated carbocycles. The fraction of sp³-hybridized carbons (Fsp3) is 0.667. The molecule has 0 saturated heterocycles. The molecule has 86 valence electrons. The van der Waals surface area contributed by atoms with Crippen LogP contribution >= 0.6 is 0 Å². The Labute approximate surface area is 95.7 Å². The predicted octanol–water partition coefficient (Wildman–Crippen LogP) is 2.29. The molecule has 1 heterocycles. The maximum absolute atomic E-state index is 5.81. The third-order valence-corrected chi connectivity index (χ3v) is 3.41. The number of nitrogens with one attached hydrogen (secondary N) is 1. The van der Waals surface area contributed by atoms with E-state index in [9.17, 15) is 0 Å². The summed E-state index contributed by atoms with van der Waals surface area (Å²) in [6, 6.07) is 2.44. The monoisotopic (exact) mass is 218 g/mol. The van der Waals surface area contributed by atoms with Crippen molar-refractivity contribution >= 4 is 11.6 Å². The Kier molecular flexibility index (Phi) is 2.42. The fourth-order valence-electron chi connectivity index (χ4n) is 2.36. The Bertz CT molecular complexity index is 381. The second-order valence-electron chi connectivity index (χ2n) is 4.94. The van der Waals surface area contributed by atoms with E-state index in [1.165, 1.54) is 38.5 Å². The molecule has 1 aromatic heterocycles. The SMILES string of the molecule is Nc1cc(NC2CCCC2)nc(C2CC2)n1. The maximum Gasteiger partial charge on any atom is 0.136 e. The van der Waals surface area contributed by atoms with Gasteiger partial charge in [0.2, 0.25) is 0 Å². The molecule has 3 N–H and O–H groups in total. The molecule has 4 heteroatoms. The lowest BCUT2D eigenvalue weighted by atomic mass is 10.2.